The second kappa shape index (κ2) is 5.84. The molecule has 6 heteroatoms. The van der Waals surface area contributed by atoms with Gasteiger partial charge in [0.2, 0.25) is 0 Å². The minimum absolute atomic E-state index is 0.0440. The SMILES string of the molecule is Fc1c(Cl)cc(NC2CCCc3sc(Br)cc32)cc1Cl. The Balaban J connectivity index is 1.89. The van der Waals surface area contributed by atoms with Gasteiger partial charge in [0.25, 0.3) is 0 Å². The van der Waals surface area contributed by atoms with Crippen LogP contribution in [0, 0.1) is 5.82 Å². The van der Waals surface area contributed by atoms with Gasteiger partial charge in [0.15, 0.2) is 5.82 Å². The van der Waals surface area contributed by atoms with Gasteiger partial charge in [0.1, 0.15) is 0 Å². The Morgan fingerprint density at radius 3 is 2.65 bits per heavy atom. The van der Waals surface area contributed by atoms with Crippen LogP contribution in [0.2, 0.25) is 10.0 Å². The van der Waals surface area contributed by atoms with Crippen molar-refractivity contribution in [1.82, 2.24) is 0 Å². The number of hydrogen-bond donors (Lipinski definition) is 1. The maximum absolute atomic E-state index is 13.4. The fraction of sp³-hybridized carbons (Fsp3) is 0.286. The standard InChI is InChI=1S/C14H11BrCl2FNS/c15-13-6-8-11(2-1-3-12(8)20-13)19-7-4-9(16)14(18)10(17)5-7/h4-6,11,19H,1-3H2. The van der Waals surface area contributed by atoms with Crippen LogP contribution >= 0.6 is 50.5 Å². The number of nitrogens with one attached hydrogen (secondary N) is 1. The van der Waals surface area contributed by atoms with Gasteiger partial charge >= 0.3 is 0 Å². The predicted molar refractivity (Wildman–Crippen MR) is 87.7 cm³/mol. The topological polar surface area (TPSA) is 12.0 Å². The maximum Gasteiger partial charge on any atom is 0.160 e. The van der Waals surface area contributed by atoms with Gasteiger partial charge in [-0.3, -0.25) is 0 Å². The van der Waals surface area contributed by atoms with Gasteiger partial charge in [0.05, 0.1) is 19.9 Å². The molecule has 1 nitrogen and oxygen atoms in total. The third-order valence-corrected chi connectivity index (χ3v) is 5.67. The first-order valence-electron chi connectivity index (χ1n) is 6.24. The van der Waals surface area contributed by atoms with Crippen LogP contribution in [0.1, 0.15) is 29.3 Å². The van der Waals surface area contributed by atoms with Crippen molar-refractivity contribution in [2.45, 2.75) is 25.3 Å². The Morgan fingerprint density at radius 2 is 1.95 bits per heavy atom. The Labute approximate surface area is 139 Å². The molecule has 0 radical (unpaired) electrons. The summed E-state index contributed by atoms with van der Waals surface area (Å²) in [7, 11) is 0. The number of hydrogen-bond acceptors (Lipinski definition) is 2. The Hall–Kier alpha value is -0.290. The van der Waals surface area contributed by atoms with E-state index >= 15 is 0 Å². The van der Waals surface area contributed by atoms with E-state index in [1.165, 1.54) is 10.4 Å². The van der Waals surface area contributed by atoms with Crippen LogP contribution in [0.3, 0.4) is 0 Å². The number of benzene rings is 1. The van der Waals surface area contributed by atoms with Gasteiger partial charge in [-0.05, 0) is 59.0 Å². The van der Waals surface area contributed by atoms with Crippen LogP contribution in [0.15, 0.2) is 22.0 Å². The molecule has 3 rings (SSSR count). The molecule has 0 saturated carbocycles. The van der Waals surface area contributed by atoms with Crippen molar-refractivity contribution >= 4 is 56.2 Å². The van der Waals surface area contributed by atoms with Crippen molar-refractivity contribution in [2.24, 2.45) is 0 Å². The Morgan fingerprint density at radius 1 is 1.25 bits per heavy atom. The van der Waals surface area contributed by atoms with Crippen molar-refractivity contribution < 1.29 is 4.39 Å². The van der Waals surface area contributed by atoms with Crippen LogP contribution in [0.5, 0.6) is 0 Å². The molecule has 0 bridgehead atoms. The molecule has 0 fully saturated rings. The number of aryl methyl sites for hydroxylation is 1. The van der Waals surface area contributed by atoms with E-state index in [1.807, 2.05) is 0 Å². The van der Waals surface area contributed by atoms with Crippen LogP contribution in [0.25, 0.3) is 0 Å². The highest BCUT2D eigenvalue weighted by Crippen LogP contribution is 2.40. The maximum atomic E-state index is 13.4. The molecule has 0 amide bonds. The Bertz CT molecular complexity index is 636. The van der Waals surface area contributed by atoms with Crippen LogP contribution < -0.4 is 5.32 Å². The molecule has 1 aromatic carbocycles. The first-order chi connectivity index (χ1) is 9.54. The number of anilines is 1. The van der Waals surface area contributed by atoms with Crippen molar-refractivity contribution in [3.63, 3.8) is 0 Å². The molecular weight excluding hydrogens is 384 g/mol. The Kier molecular flexibility index (Phi) is 4.27. The van der Waals surface area contributed by atoms with Gasteiger partial charge in [0, 0.05) is 10.6 Å². The lowest BCUT2D eigenvalue weighted by molar-refractivity contribution is 0.607. The number of halogens is 4. The van der Waals surface area contributed by atoms with Gasteiger partial charge in [-0.15, -0.1) is 11.3 Å². The first-order valence-corrected chi connectivity index (χ1v) is 8.60. The average molecular weight is 395 g/mol. The summed E-state index contributed by atoms with van der Waals surface area (Å²) < 4.78 is 14.6. The normalized spacial score (nSPS) is 17.9. The summed E-state index contributed by atoms with van der Waals surface area (Å²) >= 11 is 17.0. The van der Waals surface area contributed by atoms with Gasteiger partial charge in [-0.2, -0.15) is 0 Å². The quantitative estimate of drug-likeness (QED) is 0.577. The van der Waals surface area contributed by atoms with E-state index in [-0.39, 0.29) is 16.1 Å². The minimum atomic E-state index is -0.568. The zero-order chi connectivity index (χ0) is 14.3. The van der Waals surface area contributed by atoms with E-state index in [1.54, 1.807) is 23.5 Å². The molecule has 0 spiro atoms. The summed E-state index contributed by atoms with van der Waals surface area (Å²) in [5.74, 6) is -0.568. The lowest BCUT2D eigenvalue weighted by Crippen LogP contribution is -2.15. The smallest absolute Gasteiger partial charge is 0.160 e. The zero-order valence-corrected chi connectivity index (χ0v) is 14.3. The average Bonchev–Trinajstić information content (AvgIpc) is 2.77. The molecule has 1 unspecified atom stereocenters. The summed E-state index contributed by atoms with van der Waals surface area (Å²) in [6.45, 7) is 0. The highest BCUT2D eigenvalue weighted by molar-refractivity contribution is 9.11. The molecule has 1 aliphatic carbocycles. The van der Waals surface area contributed by atoms with Crippen molar-refractivity contribution in [2.75, 3.05) is 5.32 Å². The molecule has 1 atom stereocenters. The zero-order valence-electron chi connectivity index (χ0n) is 10.4. The fourth-order valence-corrected chi connectivity index (χ4v) is 4.82. The molecule has 0 saturated heterocycles. The largest absolute Gasteiger partial charge is 0.378 e. The number of rotatable bonds is 2. The van der Waals surface area contributed by atoms with E-state index in [9.17, 15) is 4.39 Å². The van der Waals surface area contributed by atoms with Crippen molar-refractivity contribution in [1.29, 1.82) is 0 Å². The van der Waals surface area contributed by atoms with E-state index in [0.717, 1.165) is 28.7 Å². The minimum Gasteiger partial charge on any atom is -0.378 e. The number of thiophene rings is 1. The molecule has 20 heavy (non-hydrogen) atoms. The molecule has 1 N–H and O–H groups in total. The second-order valence-corrected chi connectivity index (χ2v) is 8.10. The van der Waals surface area contributed by atoms with E-state index < -0.39 is 5.82 Å². The summed E-state index contributed by atoms with van der Waals surface area (Å²) in [6.07, 6.45) is 3.30. The van der Waals surface area contributed by atoms with Crippen LogP contribution in [-0.2, 0) is 6.42 Å². The third-order valence-electron chi connectivity index (χ3n) is 3.41. The monoisotopic (exact) mass is 393 g/mol. The fourth-order valence-electron chi connectivity index (χ4n) is 2.51. The molecule has 0 aliphatic heterocycles. The summed E-state index contributed by atoms with van der Waals surface area (Å²) in [4.78, 5) is 1.40. The summed E-state index contributed by atoms with van der Waals surface area (Å²) in [6, 6.07) is 5.54. The highest BCUT2D eigenvalue weighted by atomic mass is 79.9. The summed E-state index contributed by atoms with van der Waals surface area (Å²) in [5.41, 5.74) is 2.06. The molecule has 106 valence electrons. The van der Waals surface area contributed by atoms with E-state index in [0.29, 0.717) is 0 Å². The van der Waals surface area contributed by atoms with Crippen LogP contribution in [0.4, 0.5) is 10.1 Å². The van der Waals surface area contributed by atoms with E-state index in [4.69, 9.17) is 23.2 Å². The molecular formula is C14H11BrCl2FNS. The highest BCUT2D eigenvalue weighted by Gasteiger charge is 2.23. The molecule has 1 heterocycles. The third kappa shape index (κ3) is 2.84. The van der Waals surface area contributed by atoms with Crippen LogP contribution in [-0.4, -0.2) is 0 Å². The summed E-state index contributed by atoms with van der Waals surface area (Å²) in [5, 5.41) is 3.50. The van der Waals surface area contributed by atoms with Gasteiger partial charge < -0.3 is 5.32 Å². The first kappa shape index (κ1) is 14.6. The molecule has 1 aliphatic rings. The van der Waals surface area contributed by atoms with Gasteiger partial charge in [-0.25, -0.2) is 4.39 Å². The van der Waals surface area contributed by atoms with Gasteiger partial charge in [-0.1, -0.05) is 23.2 Å². The van der Waals surface area contributed by atoms with E-state index in [2.05, 4.69) is 27.3 Å². The molecule has 2 aromatic rings. The van der Waals surface area contributed by atoms with Crippen molar-refractivity contribution in [3.05, 3.63) is 48.3 Å². The van der Waals surface area contributed by atoms with Crippen molar-refractivity contribution in [3.8, 4) is 0 Å². The lowest BCUT2D eigenvalue weighted by atomic mass is 9.94. The number of fused-ring (bicyclic) bond motifs is 1. The predicted octanol–water partition coefficient (Wildman–Crippen LogP) is 6.45. The lowest BCUT2D eigenvalue weighted by Gasteiger charge is -2.25. The second-order valence-electron chi connectivity index (χ2n) is 4.77. The molecule has 1 aromatic heterocycles.